The van der Waals surface area contributed by atoms with Crippen molar-refractivity contribution in [1.82, 2.24) is 14.7 Å². The lowest BCUT2D eigenvalue weighted by Crippen LogP contribution is -2.35. The molecule has 0 aliphatic heterocycles. The number of methoxy groups -OCH3 is 3. The lowest BCUT2D eigenvalue weighted by Gasteiger charge is -2.22. The van der Waals surface area contributed by atoms with E-state index in [1.807, 2.05) is 166 Å². The van der Waals surface area contributed by atoms with Gasteiger partial charge in [-0.05, 0) is 207 Å². The van der Waals surface area contributed by atoms with Crippen molar-refractivity contribution in [2.75, 3.05) is 103 Å². The summed E-state index contributed by atoms with van der Waals surface area (Å²) >= 11 is 0. The van der Waals surface area contributed by atoms with Crippen molar-refractivity contribution in [3.8, 4) is 34.5 Å². The predicted molar refractivity (Wildman–Crippen MR) is 381 cm³/mol. The van der Waals surface area contributed by atoms with Gasteiger partial charge in [-0.25, -0.2) is 0 Å². The van der Waals surface area contributed by atoms with E-state index < -0.39 is 36.2 Å². The van der Waals surface area contributed by atoms with Gasteiger partial charge in [0.15, 0.2) is 0 Å². The largest absolute Gasteiger partial charge is 0.497 e. The van der Waals surface area contributed by atoms with Crippen LogP contribution in [-0.2, 0) is 81.5 Å². The normalized spacial score (nSPS) is 11.8. The molecule has 0 fully saturated rings. The van der Waals surface area contributed by atoms with E-state index in [0.29, 0.717) is 58.2 Å². The number of esters is 3. The summed E-state index contributed by atoms with van der Waals surface area (Å²) < 4.78 is 50.7. The molecule has 0 saturated carbocycles. The average molecular weight is 1370 g/mol. The summed E-state index contributed by atoms with van der Waals surface area (Å²) in [6.07, 6.45) is 7.50. The van der Waals surface area contributed by atoms with Gasteiger partial charge in [0.25, 0.3) is 0 Å². The first-order chi connectivity index (χ1) is 47.6. The number of aryl methyl sites for hydroxylation is 6. The first-order valence-electron chi connectivity index (χ1n) is 33.8. The van der Waals surface area contributed by atoms with Crippen molar-refractivity contribution in [3.05, 3.63) is 179 Å². The van der Waals surface area contributed by atoms with Crippen LogP contribution in [0.25, 0.3) is 0 Å². The molecule has 0 saturated heterocycles. The van der Waals surface area contributed by atoms with Crippen molar-refractivity contribution in [2.24, 2.45) is 0 Å². The molecule has 0 bridgehead atoms. The van der Waals surface area contributed by atoms with E-state index in [4.69, 9.17) is 58.0 Å². The Hall–Kier alpha value is -9.18. The minimum Gasteiger partial charge on any atom is -0.497 e. The summed E-state index contributed by atoms with van der Waals surface area (Å²) in [7, 11) is 16.4. The van der Waals surface area contributed by atoms with Crippen molar-refractivity contribution in [3.63, 3.8) is 0 Å². The van der Waals surface area contributed by atoms with Gasteiger partial charge >= 0.3 is 35.8 Å². The van der Waals surface area contributed by atoms with Crippen LogP contribution < -0.4 is 28.4 Å². The number of para-hydroxylation sites is 3. The molecule has 99 heavy (non-hydrogen) atoms. The third-order valence-electron chi connectivity index (χ3n) is 15.4. The number of benzene rings is 6. The Morgan fingerprint density at radius 2 is 0.556 bits per heavy atom. The zero-order valence-electron chi connectivity index (χ0n) is 59.4. The topological polar surface area (TPSA) is 256 Å². The lowest BCUT2D eigenvalue weighted by atomic mass is 10.0. The summed E-state index contributed by atoms with van der Waals surface area (Å²) in [6, 6.07) is 47.8. The number of nitrogens with zero attached hydrogens (tertiary/aromatic N) is 3. The highest BCUT2D eigenvalue weighted by molar-refractivity contribution is 5.71. The number of unbranched alkanes of at least 4 members (excludes halogenated alkanes) is 3. The Balaban J connectivity index is 0.000000315. The highest BCUT2D eigenvalue weighted by atomic mass is 16.6. The number of hydrogen-bond acceptors (Lipinski definition) is 18. The van der Waals surface area contributed by atoms with Gasteiger partial charge in [-0.1, -0.05) is 91.0 Å². The molecule has 21 heteroatoms. The summed E-state index contributed by atoms with van der Waals surface area (Å²) in [4.78, 5) is 74.3. The van der Waals surface area contributed by atoms with E-state index in [1.165, 1.54) is 16.7 Å². The Kier molecular flexibility index (Phi) is 39.6. The van der Waals surface area contributed by atoms with Crippen LogP contribution in [0.4, 0.5) is 0 Å². The number of carboxylic acids is 3. The number of carbonyl (C=O) groups is 6. The van der Waals surface area contributed by atoms with Crippen LogP contribution in [0.1, 0.15) is 110 Å². The third-order valence-corrected chi connectivity index (χ3v) is 15.4. The number of carboxylic acid groups (broad SMARTS) is 3. The summed E-state index contributed by atoms with van der Waals surface area (Å²) in [6.45, 7) is 2.36. The second kappa shape index (κ2) is 47.7. The molecule has 6 aromatic rings. The molecule has 3 N–H and O–H groups in total. The molecular weight excluding hydrogens is 1270 g/mol. The fraction of sp³-hybridized carbons (Fsp3) is 0.462. The Labute approximate surface area is 585 Å². The molecule has 0 aromatic heterocycles. The van der Waals surface area contributed by atoms with Crippen LogP contribution in [0.15, 0.2) is 146 Å². The predicted octanol–water partition coefficient (Wildman–Crippen LogP) is 11.9. The quantitative estimate of drug-likeness (QED) is 0.0182. The molecule has 1 unspecified atom stereocenters. The Morgan fingerprint density at radius 1 is 0.323 bits per heavy atom. The van der Waals surface area contributed by atoms with Gasteiger partial charge in [0.05, 0.1) is 21.3 Å². The molecule has 6 rings (SSSR count). The highest BCUT2D eigenvalue weighted by Crippen LogP contribution is 2.26. The van der Waals surface area contributed by atoms with Crippen molar-refractivity contribution in [2.45, 2.75) is 134 Å². The van der Waals surface area contributed by atoms with E-state index in [2.05, 4.69) is 36.4 Å². The maximum atomic E-state index is 12.2. The first-order valence-corrected chi connectivity index (χ1v) is 33.8. The molecule has 6 aromatic carbocycles. The molecule has 0 radical (unpaired) electrons. The average Bonchev–Trinajstić information content (AvgIpc) is 0.925. The Morgan fingerprint density at radius 3 is 0.778 bits per heavy atom. The first kappa shape index (κ1) is 82.2. The van der Waals surface area contributed by atoms with E-state index >= 15 is 0 Å². The van der Waals surface area contributed by atoms with Crippen LogP contribution in [0.5, 0.6) is 34.5 Å². The van der Waals surface area contributed by atoms with Crippen LogP contribution in [-0.4, -0.2) is 187 Å². The van der Waals surface area contributed by atoms with Crippen LogP contribution in [0.2, 0.25) is 0 Å². The number of ether oxygens (including phenoxy) is 9. The highest BCUT2D eigenvalue weighted by Gasteiger charge is 2.21. The maximum Gasteiger partial charge on any atom is 0.306 e. The lowest BCUT2D eigenvalue weighted by molar-refractivity contribution is -0.152. The van der Waals surface area contributed by atoms with Gasteiger partial charge < -0.3 is 72.7 Å². The van der Waals surface area contributed by atoms with Gasteiger partial charge in [-0.3, -0.25) is 28.8 Å². The van der Waals surface area contributed by atoms with Crippen molar-refractivity contribution in [1.29, 1.82) is 0 Å². The van der Waals surface area contributed by atoms with Crippen LogP contribution in [0, 0.1) is 0 Å². The van der Waals surface area contributed by atoms with E-state index in [9.17, 15) is 28.8 Å². The van der Waals surface area contributed by atoms with Gasteiger partial charge in [-0.2, -0.15) is 0 Å². The summed E-state index contributed by atoms with van der Waals surface area (Å²) in [5.41, 5.74) is 6.93. The van der Waals surface area contributed by atoms with Gasteiger partial charge in [0.2, 0.25) is 0 Å². The van der Waals surface area contributed by atoms with Crippen molar-refractivity contribution < 1.29 is 86.7 Å². The molecule has 0 amide bonds. The zero-order chi connectivity index (χ0) is 72.2. The SMILES string of the molecule is COc1ccc(CCc2ccccc2OCC(CN(C)C)OC(=O)CCCCC(=O)O)cc1.COc1ccc(CCc2ccccc2OC[C@@H](CN(C)C)OC(=O)CCCCC(=O)O)cc1.COc1ccc(CCc2ccccc2OC[C@H](CN(C)C)OC(=O)CCCCC(=O)O)cc1. The monoisotopic (exact) mass is 1370 g/mol. The maximum absolute atomic E-state index is 12.2. The number of aliphatic carboxylic acids is 3. The second-order valence-corrected chi connectivity index (χ2v) is 24.7. The Bertz CT molecular complexity index is 2940. The third kappa shape index (κ3) is 36.8. The standard InChI is InChI=1S/3C26H35NO6/c3*1-27(2)18-23(33-26(30)11-7-6-10-25(28)29)19-32-24-9-5-4-8-21(24)15-12-20-13-16-22(31-3)17-14-20/h3*4-5,8-9,13-14,16-17,23H,6-7,10-12,15,18-19H2,1-3H3,(H,28,29)/t2*23-;/m10./s1. The molecular formula is C78H105N3O18. The fourth-order valence-electron chi connectivity index (χ4n) is 10.3. The second-order valence-electron chi connectivity index (χ2n) is 24.7. The van der Waals surface area contributed by atoms with Gasteiger partial charge in [-0.15, -0.1) is 0 Å². The number of hydrogen-bond donors (Lipinski definition) is 3. The smallest absolute Gasteiger partial charge is 0.306 e. The number of likely N-dealkylation sites (N-methyl/N-ethyl adjacent to an activating group) is 3. The molecule has 0 aliphatic carbocycles. The zero-order valence-corrected chi connectivity index (χ0v) is 59.4. The molecule has 21 nitrogen and oxygen atoms in total. The van der Waals surface area contributed by atoms with Gasteiger partial charge in [0.1, 0.15) is 72.6 Å². The van der Waals surface area contributed by atoms with Crippen LogP contribution >= 0.6 is 0 Å². The minimum atomic E-state index is -0.854. The molecule has 540 valence electrons. The fourth-order valence-corrected chi connectivity index (χ4v) is 10.3. The number of carbonyl (C=O) groups excluding carboxylic acids is 3. The molecule has 3 atom stereocenters. The summed E-state index contributed by atoms with van der Waals surface area (Å²) in [5.74, 6) is 1.32. The molecule has 0 spiro atoms. The molecule has 0 aliphatic rings. The minimum absolute atomic E-state index is 0.0603. The van der Waals surface area contributed by atoms with Crippen molar-refractivity contribution >= 4 is 35.8 Å². The van der Waals surface area contributed by atoms with Gasteiger partial charge in [0, 0.05) is 58.2 Å². The number of rotatable bonds is 45. The van der Waals surface area contributed by atoms with E-state index in [0.717, 1.165) is 89.7 Å². The molecule has 0 heterocycles. The van der Waals surface area contributed by atoms with E-state index in [-0.39, 0.29) is 76.3 Å². The van der Waals surface area contributed by atoms with E-state index in [1.54, 1.807) is 21.3 Å². The summed E-state index contributed by atoms with van der Waals surface area (Å²) in [5, 5.41) is 26.1. The van der Waals surface area contributed by atoms with Crippen LogP contribution in [0.3, 0.4) is 0 Å².